The van der Waals surface area contributed by atoms with E-state index >= 15 is 0 Å². The molecule has 2 N–H and O–H groups in total. The number of aryl methyl sites for hydroxylation is 2. The quantitative estimate of drug-likeness (QED) is 0.510. The van der Waals surface area contributed by atoms with Gasteiger partial charge in [-0.3, -0.25) is 4.99 Å². The molecule has 1 heterocycles. The molecule has 0 spiro atoms. The molecule has 0 saturated carbocycles. The fourth-order valence-electron chi connectivity index (χ4n) is 2.43. The van der Waals surface area contributed by atoms with E-state index in [1.807, 2.05) is 26.2 Å². The van der Waals surface area contributed by atoms with Crippen LogP contribution in [-0.2, 0) is 13.0 Å². The molecule has 2 rings (SSSR count). The molecular weight excluding hydrogens is 358 g/mol. The maximum Gasteiger partial charge on any atom is 0.191 e. The molecule has 2 aromatic rings. The van der Waals surface area contributed by atoms with Gasteiger partial charge in [-0.05, 0) is 45.6 Å². The van der Waals surface area contributed by atoms with Crippen LogP contribution < -0.4 is 15.4 Å². The van der Waals surface area contributed by atoms with Crippen LogP contribution in [0.2, 0.25) is 0 Å². The molecule has 0 bridgehead atoms. The molecule has 0 atom stereocenters. The summed E-state index contributed by atoms with van der Waals surface area (Å²) in [7, 11) is 5.87. The van der Waals surface area contributed by atoms with Crippen molar-refractivity contribution in [2.75, 3.05) is 40.8 Å². The number of rotatable bonds is 9. The molecule has 0 aliphatic heterocycles. The molecule has 0 amide bonds. The fourth-order valence-corrected chi connectivity index (χ4v) is 3.37. The average molecular weight is 390 g/mol. The average Bonchev–Trinajstić information content (AvgIpc) is 2.95. The Kier molecular flexibility index (Phi) is 8.54. The molecule has 27 heavy (non-hydrogen) atoms. The summed E-state index contributed by atoms with van der Waals surface area (Å²) in [5.41, 5.74) is 2.29. The Morgan fingerprint density at radius 1 is 1.26 bits per heavy atom. The lowest BCUT2D eigenvalue weighted by Gasteiger charge is -2.13. The molecule has 0 saturated heterocycles. The third-order valence-electron chi connectivity index (χ3n) is 4.09. The Hall–Kier alpha value is -2.12. The van der Waals surface area contributed by atoms with Crippen LogP contribution in [0.15, 0.2) is 29.3 Å². The first-order valence-corrected chi connectivity index (χ1v) is 10.0. The second kappa shape index (κ2) is 10.9. The second-order valence-electron chi connectivity index (χ2n) is 6.65. The van der Waals surface area contributed by atoms with Crippen molar-refractivity contribution in [3.8, 4) is 5.75 Å². The van der Waals surface area contributed by atoms with E-state index in [1.165, 1.54) is 4.88 Å². The Morgan fingerprint density at radius 2 is 2.07 bits per heavy atom. The zero-order valence-corrected chi connectivity index (χ0v) is 17.8. The summed E-state index contributed by atoms with van der Waals surface area (Å²) in [6.45, 7) is 7.25. The number of thiazole rings is 1. The van der Waals surface area contributed by atoms with E-state index in [0.717, 1.165) is 47.5 Å². The second-order valence-corrected chi connectivity index (χ2v) is 7.94. The highest BCUT2D eigenvalue weighted by molar-refractivity contribution is 7.11. The van der Waals surface area contributed by atoms with Gasteiger partial charge in [-0.15, -0.1) is 11.3 Å². The van der Waals surface area contributed by atoms with Crippen molar-refractivity contribution in [2.45, 2.75) is 26.8 Å². The lowest BCUT2D eigenvalue weighted by molar-refractivity contribution is 0.261. The number of benzene rings is 1. The lowest BCUT2D eigenvalue weighted by Crippen LogP contribution is -2.37. The smallest absolute Gasteiger partial charge is 0.191 e. The highest BCUT2D eigenvalue weighted by atomic mass is 32.1. The molecule has 6 nitrogen and oxygen atoms in total. The van der Waals surface area contributed by atoms with Crippen LogP contribution in [-0.4, -0.2) is 56.7 Å². The van der Waals surface area contributed by atoms with Gasteiger partial charge in [-0.2, -0.15) is 0 Å². The molecule has 7 heteroatoms. The van der Waals surface area contributed by atoms with Crippen LogP contribution in [0.1, 0.15) is 21.1 Å². The Bertz CT molecular complexity index is 722. The first-order valence-electron chi connectivity index (χ1n) is 9.22. The number of ether oxygens (including phenoxy) is 1. The number of guanidine groups is 1. The third kappa shape index (κ3) is 7.56. The zero-order chi connectivity index (χ0) is 19.6. The fraction of sp³-hybridized carbons (Fsp3) is 0.500. The van der Waals surface area contributed by atoms with Gasteiger partial charge < -0.3 is 20.3 Å². The maximum absolute atomic E-state index is 5.80. The van der Waals surface area contributed by atoms with Gasteiger partial charge in [0, 0.05) is 38.0 Å². The lowest BCUT2D eigenvalue weighted by atomic mass is 10.2. The van der Waals surface area contributed by atoms with Gasteiger partial charge in [0.1, 0.15) is 12.4 Å². The van der Waals surface area contributed by atoms with Crippen LogP contribution in [0.25, 0.3) is 0 Å². The summed E-state index contributed by atoms with van der Waals surface area (Å²) in [5.74, 6) is 1.69. The molecule has 0 aliphatic carbocycles. The minimum Gasteiger partial charge on any atom is -0.492 e. The maximum atomic E-state index is 5.80. The van der Waals surface area contributed by atoms with Crippen molar-refractivity contribution in [2.24, 2.45) is 4.99 Å². The number of aromatic nitrogens is 1. The van der Waals surface area contributed by atoms with Crippen LogP contribution in [0.5, 0.6) is 5.75 Å². The number of aliphatic imine (C=N–C) groups is 1. The highest BCUT2D eigenvalue weighted by Gasteiger charge is 2.05. The van der Waals surface area contributed by atoms with Crippen LogP contribution >= 0.6 is 11.3 Å². The van der Waals surface area contributed by atoms with Gasteiger partial charge >= 0.3 is 0 Å². The van der Waals surface area contributed by atoms with E-state index in [9.17, 15) is 0 Å². The predicted molar refractivity (Wildman–Crippen MR) is 114 cm³/mol. The predicted octanol–water partition coefficient (Wildman–Crippen LogP) is 2.61. The third-order valence-corrected chi connectivity index (χ3v) is 5.23. The van der Waals surface area contributed by atoms with Crippen molar-refractivity contribution < 1.29 is 4.74 Å². The number of hydrogen-bond donors (Lipinski definition) is 2. The molecule has 1 aromatic carbocycles. The molecule has 1 aromatic heterocycles. The van der Waals surface area contributed by atoms with Gasteiger partial charge in [0.25, 0.3) is 0 Å². The van der Waals surface area contributed by atoms with Gasteiger partial charge in [0.2, 0.25) is 0 Å². The van der Waals surface area contributed by atoms with Gasteiger partial charge in [-0.1, -0.05) is 12.1 Å². The Morgan fingerprint density at radius 3 is 2.74 bits per heavy atom. The largest absolute Gasteiger partial charge is 0.492 e. The van der Waals surface area contributed by atoms with Crippen molar-refractivity contribution in [3.63, 3.8) is 0 Å². The topological polar surface area (TPSA) is 61.8 Å². The van der Waals surface area contributed by atoms with Crippen LogP contribution in [0, 0.1) is 13.8 Å². The molecular formula is C20H31N5OS. The summed E-state index contributed by atoms with van der Waals surface area (Å²) >= 11 is 1.77. The van der Waals surface area contributed by atoms with Crippen molar-refractivity contribution >= 4 is 17.3 Å². The minimum atomic E-state index is 0.683. The summed E-state index contributed by atoms with van der Waals surface area (Å²) in [6, 6.07) is 8.16. The van der Waals surface area contributed by atoms with Crippen LogP contribution in [0.3, 0.4) is 0 Å². The Labute approximate surface area is 166 Å². The number of nitrogens with one attached hydrogen (secondary N) is 2. The van der Waals surface area contributed by atoms with E-state index in [4.69, 9.17) is 4.74 Å². The molecule has 0 unspecified atom stereocenters. The first-order chi connectivity index (χ1) is 13.0. The summed E-state index contributed by atoms with van der Waals surface area (Å²) in [4.78, 5) is 12.3. The van der Waals surface area contributed by atoms with E-state index in [2.05, 4.69) is 51.5 Å². The Balaban J connectivity index is 1.76. The van der Waals surface area contributed by atoms with Gasteiger partial charge in [0.15, 0.2) is 5.96 Å². The van der Waals surface area contributed by atoms with E-state index in [-0.39, 0.29) is 0 Å². The van der Waals surface area contributed by atoms with Crippen molar-refractivity contribution in [3.05, 3.63) is 45.4 Å². The van der Waals surface area contributed by atoms with Crippen LogP contribution in [0.4, 0.5) is 0 Å². The van der Waals surface area contributed by atoms with E-state index < -0.39 is 0 Å². The summed E-state index contributed by atoms with van der Waals surface area (Å²) in [5, 5.41) is 7.86. The highest BCUT2D eigenvalue weighted by Crippen LogP contribution is 2.16. The monoisotopic (exact) mass is 389 g/mol. The molecule has 0 aliphatic rings. The SMILES string of the molecule is CN=C(NCCc1nc(C)c(C)s1)NCc1cccc(OCCN(C)C)c1. The number of hydrogen-bond acceptors (Lipinski definition) is 5. The molecule has 148 valence electrons. The first kappa shape index (κ1) is 21.2. The van der Waals surface area contributed by atoms with Crippen molar-refractivity contribution in [1.82, 2.24) is 20.5 Å². The molecule has 0 radical (unpaired) electrons. The standard InChI is InChI=1S/C20H31N5OS/c1-15-16(2)27-19(24-15)9-10-22-20(21-3)23-14-17-7-6-8-18(13-17)26-12-11-25(4)5/h6-8,13H,9-12,14H2,1-5H3,(H2,21,22,23). The van der Waals surface area contributed by atoms with Gasteiger partial charge in [0.05, 0.1) is 10.7 Å². The zero-order valence-electron chi connectivity index (χ0n) is 17.0. The normalized spacial score (nSPS) is 11.7. The van der Waals surface area contributed by atoms with E-state index in [0.29, 0.717) is 13.2 Å². The number of nitrogens with zero attached hydrogens (tertiary/aromatic N) is 3. The number of likely N-dealkylation sites (N-methyl/N-ethyl adjacent to an activating group) is 1. The molecule has 0 fully saturated rings. The summed E-state index contributed by atoms with van der Waals surface area (Å²) in [6.07, 6.45) is 0.898. The van der Waals surface area contributed by atoms with Crippen molar-refractivity contribution in [1.29, 1.82) is 0 Å². The van der Waals surface area contributed by atoms with Gasteiger partial charge in [-0.25, -0.2) is 4.98 Å². The minimum absolute atomic E-state index is 0.683. The summed E-state index contributed by atoms with van der Waals surface area (Å²) < 4.78 is 5.80. The van der Waals surface area contributed by atoms with E-state index in [1.54, 1.807) is 18.4 Å².